The van der Waals surface area contributed by atoms with Gasteiger partial charge in [0.1, 0.15) is 0 Å². The first kappa shape index (κ1) is 14.4. The van der Waals surface area contributed by atoms with Gasteiger partial charge in [-0.25, -0.2) is 12.7 Å². The van der Waals surface area contributed by atoms with Crippen molar-refractivity contribution in [3.63, 3.8) is 0 Å². The van der Waals surface area contributed by atoms with E-state index in [4.69, 9.17) is 5.26 Å². The molecule has 0 saturated heterocycles. The number of sulfonamides is 1. The van der Waals surface area contributed by atoms with Gasteiger partial charge in [-0.3, -0.25) is 0 Å². The highest BCUT2D eigenvalue weighted by Gasteiger charge is 2.19. The molecule has 0 spiro atoms. The molecule has 15 heavy (non-hydrogen) atoms. The Morgan fingerprint density at radius 1 is 1.33 bits per heavy atom. The Bertz CT molecular complexity index is 317. The van der Waals surface area contributed by atoms with E-state index in [0.29, 0.717) is 12.3 Å². The van der Waals surface area contributed by atoms with Crippen molar-refractivity contribution in [1.29, 1.82) is 5.26 Å². The average Bonchev–Trinajstić information content (AvgIpc) is 2.14. The van der Waals surface area contributed by atoms with Crippen molar-refractivity contribution < 1.29 is 8.42 Å². The van der Waals surface area contributed by atoms with Crippen LogP contribution in [0.25, 0.3) is 0 Å². The van der Waals surface area contributed by atoms with Gasteiger partial charge in [0.25, 0.3) is 0 Å². The van der Waals surface area contributed by atoms with Crippen LogP contribution >= 0.6 is 0 Å². The molecule has 0 aliphatic rings. The minimum Gasteiger partial charge on any atom is -0.212 e. The largest absolute Gasteiger partial charge is 0.213 e. The zero-order chi connectivity index (χ0) is 12.1. The van der Waals surface area contributed by atoms with Crippen molar-refractivity contribution >= 4 is 10.0 Å². The van der Waals surface area contributed by atoms with Crippen molar-refractivity contribution in [3.05, 3.63) is 0 Å². The monoisotopic (exact) mass is 232 g/mol. The first-order chi connectivity index (χ1) is 6.79. The average molecular weight is 232 g/mol. The second-order valence-corrected chi connectivity index (χ2v) is 6.50. The van der Waals surface area contributed by atoms with Crippen molar-refractivity contribution in [2.24, 2.45) is 11.8 Å². The Hall–Kier alpha value is -0.600. The van der Waals surface area contributed by atoms with E-state index in [1.165, 1.54) is 11.4 Å². The zero-order valence-corrected chi connectivity index (χ0v) is 10.7. The summed E-state index contributed by atoms with van der Waals surface area (Å²) in [5.41, 5.74) is 0. The third-order valence-electron chi connectivity index (χ3n) is 2.18. The maximum Gasteiger partial charge on any atom is 0.213 e. The Kier molecular flexibility index (Phi) is 5.84. The third-order valence-corrected chi connectivity index (χ3v) is 4.03. The van der Waals surface area contributed by atoms with Crippen LogP contribution in [-0.4, -0.2) is 32.1 Å². The molecule has 0 aliphatic carbocycles. The number of hydrogen-bond donors (Lipinski definition) is 0. The molecule has 1 atom stereocenters. The third kappa shape index (κ3) is 5.75. The quantitative estimate of drug-likeness (QED) is 0.696. The number of nitriles is 1. The van der Waals surface area contributed by atoms with Gasteiger partial charge >= 0.3 is 0 Å². The molecular formula is C10H20N2O2S. The van der Waals surface area contributed by atoms with Gasteiger partial charge in [0.2, 0.25) is 10.0 Å². The fourth-order valence-electron chi connectivity index (χ4n) is 1.08. The van der Waals surface area contributed by atoms with Gasteiger partial charge in [0.05, 0.1) is 17.7 Å². The molecule has 0 amide bonds. The maximum atomic E-state index is 11.7. The highest BCUT2D eigenvalue weighted by atomic mass is 32.2. The summed E-state index contributed by atoms with van der Waals surface area (Å²) in [6.45, 7) is 5.98. The summed E-state index contributed by atoms with van der Waals surface area (Å²) in [6, 6.07) is 2.03. The topological polar surface area (TPSA) is 61.2 Å². The van der Waals surface area contributed by atoms with Gasteiger partial charge in [-0.2, -0.15) is 5.26 Å². The van der Waals surface area contributed by atoms with Crippen LogP contribution in [0, 0.1) is 23.2 Å². The Labute approximate surface area is 92.9 Å². The summed E-state index contributed by atoms with van der Waals surface area (Å²) in [5.74, 6) is 0.282. The van der Waals surface area contributed by atoms with Crippen LogP contribution in [0.1, 0.15) is 27.2 Å². The summed E-state index contributed by atoms with van der Waals surface area (Å²) in [4.78, 5) is 0. The molecule has 0 aromatic rings. The van der Waals surface area contributed by atoms with E-state index in [1.807, 2.05) is 19.9 Å². The summed E-state index contributed by atoms with van der Waals surface area (Å²) >= 11 is 0. The van der Waals surface area contributed by atoms with Gasteiger partial charge < -0.3 is 0 Å². The number of rotatable bonds is 6. The van der Waals surface area contributed by atoms with Crippen LogP contribution in [0.15, 0.2) is 0 Å². The van der Waals surface area contributed by atoms with E-state index in [0.717, 1.165) is 0 Å². The SMILES string of the molecule is CC(C)CCS(=O)(=O)N(C)CC(C)C#N. The van der Waals surface area contributed by atoms with Crippen LogP contribution < -0.4 is 0 Å². The van der Waals surface area contributed by atoms with E-state index in [-0.39, 0.29) is 18.2 Å². The molecule has 1 unspecified atom stereocenters. The van der Waals surface area contributed by atoms with Gasteiger partial charge in [0, 0.05) is 13.6 Å². The number of nitrogens with zero attached hydrogens (tertiary/aromatic N) is 2. The van der Waals surface area contributed by atoms with E-state index in [9.17, 15) is 8.42 Å². The van der Waals surface area contributed by atoms with E-state index in [2.05, 4.69) is 0 Å². The van der Waals surface area contributed by atoms with Crippen molar-refractivity contribution in [2.75, 3.05) is 19.3 Å². The van der Waals surface area contributed by atoms with Crippen molar-refractivity contribution in [2.45, 2.75) is 27.2 Å². The lowest BCUT2D eigenvalue weighted by Crippen LogP contribution is -2.33. The lowest BCUT2D eigenvalue weighted by Gasteiger charge is -2.18. The Morgan fingerprint density at radius 3 is 2.27 bits per heavy atom. The highest BCUT2D eigenvalue weighted by Crippen LogP contribution is 2.08. The molecule has 0 rings (SSSR count). The molecule has 0 aliphatic heterocycles. The molecule has 0 aromatic carbocycles. The second-order valence-electron chi connectivity index (χ2n) is 4.31. The van der Waals surface area contributed by atoms with Gasteiger partial charge in [-0.1, -0.05) is 13.8 Å². The predicted molar refractivity (Wildman–Crippen MR) is 60.6 cm³/mol. The van der Waals surface area contributed by atoms with E-state index in [1.54, 1.807) is 6.92 Å². The molecule has 0 fully saturated rings. The molecular weight excluding hydrogens is 212 g/mol. The van der Waals surface area contributed by atoms with E-state index < -0.39 is 10.0 Å². The summed E-state index contributed by atoms with van der Waals surface area (Å²) < 4.78 is 24.7. The first-order valence-corrected chi connectivity index (χ1v) is 6.74. The molecule has 4 nitrogen and oxygen atoms in total. The highest BCUT2D eigenvalue weighted by molar-refractivity contribution is 7.89. The fourth-order valence-corrected chi connectivity index (χ4v) is 2.61. The minimum atomic E-state index is -3.18. The van der Waals surface area contributed by atoms with Crippen molar-refractivity contribution in [3.8, 4) is 6.07 Å². The normalized spacial score (nSPS) is 14.2. The molecule has 0 aromatic heterocycles. The summed E-state index contributed by atoms with van der Waals surface area (Å²) in [5, 5.41) is 8.60. The molecule has 0 saturated carbocycles. The molecule has 5 heteroatoms. The fraction of sp³-hybridized carbons (Fsp3) is 0.900. The Morgan fingerprint density at radius 2 is 1.87 bits per heavy atom. The van der Waals surface area contributed by atoms with Crippen LogP contribution in [0.4, 0.5) is 0 Å². The van der Waals surface area contributed by atoms with Crippen molar-refractivity contribution in [1.82, 2.24) is 4.31 Å². The molecule has 0 N–H and O–H groups in total. The van der Waals surface area contributed by atoms with Gasteiger partial charge in [-0.05, 0) is 19.3 Å². The van der Waals surface area contributed by atoms with Gasteiger partial charge in [-0.15, -0.1) is 0 Å². The van der Waals surface area contributed by atoms with Crippen LogP contribution in [-0.2, 0) is 10.0 Å². The summed E-state index contributed by atoms with van der Waals surface area (Å²) in [6.07, 6.45) is 0.660. The lowest BCUT2D eigenvalue weighted by atomic mass is 10.2. The lowest BCUT2D eigenvalue weighted by molar-refractivity contribution is 0.435. The number of hydrogen-bond acceptors (Lipinski definition) is 3. The molecule has 88 valence electrons. The standard InChI is InChI=1S/C10H20N2O2S/c1-9(2)5-6-15(13,14)12(4)8-10(3)7-11/h9-10H,5-6,8H2,1-4H3. The van der Waals surface area contributed by atoms with Crippen LogP contribution in [0.2, 0.25) is 0 Å². The second kappa shape index (κ2) is 6.09. The predicted octanol–water partition coefficient (Wildman–Crippen LogP) is 1.45. The minimum absolute atomic E-state index is 0.166. The smallest absolute Gasteiger partial charge is 0.212 e. The first-order valence-electron chi connectivity index (χ1n) is 5.13. The van der Waals surface area contributed by atoms with Crippen LogP contribution in [0.3, 0.4) is 0 Å². The molecule has 0 bridgehead atoms. The van der Waals surface area contributed by atoms with Gasteiger partial charge in [0.15, 0.2) is 0 Å². The molecule has 0 radical (unpaired) electrons. The zero-order valence-electron chi connectivity index (χ0n) is 9.90. The maximum absolute atomic E-state index is 11.7. The Balaban J connectivity index is 4.28. The molecule has 0 heterocycles. The van der Waals surface area contributed by atoms with E-state index >= 15 is 0 Å². The van der Waals surface area contributed by atoms with Crippen LogP contribution in [0.5, 0.6) is 0 Å². The summed E-state index contributed by atoms with van der Waals surface area (Å²) in [7, 11) is -1.65.